The lowest BCUT2D eigenvalue weighted by atomic mass is 10.1. The Kier molecular flexibility index (Phi) is 2.51. The van der Waals surface area contributed by atoms with Gasteiger partial charge in [-0.3, -0.25) is 4.68 Å². The Bertz CT molecular complexity index is 491. The van der Waals surface area contributed by atoms with Crippen LogP contribution in [0.25, 0.3) is 11.1 Å². The van der Waals surface area contributed by atoms with E-state index in [0.717, 1.165) is 11.1 Å². The van der Waals surface area contributed by atoms with Gasteiger partial charge in [-0.05, 0) is 17.7 Å². The van der Waals surface area contributed by atoms with Crippen molar-refractivity contribution >= 4 is 0 Å². The molecule has 0 atom stereocenters. The Morgan fingerprint density at radius 3 is 2.67 bits per heavy atom. The molecular formula is C12H9FN2. The standard InChI is InChI=1S/C12H9FN2/c1-2-7-15-9-11(8-14-15)10-3-5-12(13)6-4-10/h1,3-6,8-9H,7H2. The van der Waals surface area contributed by atoms with E-state index in [1.807, 2.05) is 6.20 Å². The molecule has 2 nitrogen and oxygen atoms in total. The van der Waals surface area contributed by atoms with Crippen LogP contribution in [0.2, 0.25) is 0 Å². The highest BCUT2D eigenvalue weighted by molar-refractivity contribution is 5.61. The van der Waals surface area contributed by atoms with E-state index in [0.29, 0.717) is 6.54 Å². The SMILES string of the molecule is C#CCn1cc(-c2ccc(F)cc2)cn1. The first-order chi connectivity index (χ1) is 7.29. The molecule has 0 aliphatic rings. The average molecular weight is 200 g/mol. The third kappa shape index (κ3) is 2.05. The van der Waals surface area contributed by atoms with Crippen LogP contribution < -0.4 is 0 Å². The van der Waals surface area contributed by atoms with Crippen molar-refractivity contribution in [2.75, 3.05) is 0 Å². The van der Waals surface area contributed by atoms with Gasteiger partial charge in [-0.25, -0.2) is 4.39 Å². The number of nitrogens with zero attached hydrogens (tertiary/aromatic N) is 2. The van der Waals surface area contributed by atoms with Gasteiger partial charge in [-0.1, -0.05) is 18.1 Å². The molecular weight excluding hydrogens is 191 g/mol. The van der Waals surface area contributed by atoms with Crippen molar-refractivity contribution in [1.29, 1.82) is 0 Å². The molecule has 0 bridgehead atoms. The number of benzene rings is 1. The number of hydrogen-bond donors (Lipinski definition) is 0. The summed E-state index contributed by atoms with van der Waals surface area (Å²) in [7, 11) is 0. The molecule has 0 amide bonds. The quantitative estimate of drug-likeness (QED) is 0.680. The van der Waals surface area contributed by atoms with Crippen LogP contribution in [-0.4, -0.2) is 9.78 Å². The van der Waals surface area contributed by atoms with Crippen molar-refractivity contribution in [1.82, 2.24) is 9.78 Å². The predicted molar refractivity (Wildman–Crippen MR) is 56.5 cm³/mol. The zero-order chi connectivity index (χ0) is 10.7. The largest absolute Gasteiger partial charge is 0.260 e. The molecule has 74 valence electrons. The van der Waals surface area contributed by atoms with Crippen LogP contribution in [-0.2, 0) is 6.54 Å². The second-order valence-corrected chi connectivity index (χ2v) is 3.14. The van der Waals surface area contributed by atoms with Gasteiger partial charge in [-0.15, -0.1) is 6.42 Å². The van der Waals surface area contributed by atoms with E-state index >= 15 is 0 Å². The monoisotopic (exact) mass is 200 g/mol. The first-order valence-electron chi connectivity index (χ1n) is 4.51. The van der Waals surface area contributed by atoms with Crippen molar-refractivity contribution in [3.05, 3.63) is 42.5 Å². The summed E-state index contributed by atoms with van der Waals surface area (Å²) in [5.74, 6) is 2.26. The fourth-order valence-corrected chi connectivity index (χ4v) is 1.33. The molecule has 0 fully saturated rings. The summed E-state index contributed by atoms with van der Waals surface area (Å²) in [6.45, 7) is 0.446. The van der Waals surface area contributed by atoms with Crippen molar-refractivity contribution in [2.24, 2.45) is 0 Å². The third-order valence-electron chi connectivity index (χ3n) is 2.06. The molecule has 0 aliphatic carbocycles. The summed E-state index contributed by atoms with van der Waals surface area (Å²) >= 11 is 0. The third-order valence-corrected chi connectivity index (χ3v) is 2.06. The lowest BCUT2D eigenvalue weighted by molar-refractivity contribution is 0.628. The summed E-state index contributed by atoms with van der Waals surface area (Å²) in [6, 6.07) is 6.28. The predicted octanol–water partition coefficient (Wildman–Crippen LogP) is 2.32. The van der Waals surface area contributed by atoms with E-state index in [2.05, 4.69) is 11.0 Å². The Morgan fingerprint density at radius 2 is 2.00 bits per heavy atom. The highest BCUT2D eigenvalue weighted by atomic mass is 19.1. The van der Waals surface area contributed by atoms with Crippen molar-refractivity contribution in [3.8, 4) is 23.5 Å². The van der Waals surface area contributed by atoms with Gasteiger partial charge in [0.15, 0.2) is 0 Å². The molecule has 1 aromatic heterocycles. The smallest absolute Gasteiger partial charge is 0.123 e. The summed E-state index contributed by atoms with van der Waals surface area (Å²) in [4.78, 5) is 0. The van der Waals surface area contributed by atoms with Gasteiger partial charge >= 0.3 is 0 Å². The normalized spacial score (nSPS) is 9.87. The molecule has 2 aromatic rings. The van der Waals surface area contributed by atoms with Gasteiger partial charge in [0.1, 0.15) is 12.4 Å². The fraction of sp³-hybridized carbons (Fsp3) is 0.0833. The van der Waals surface area contributed by atoms with Gasteiger partial charge in [0.05, 0.1) is 6.20 Å². The molecule has 1 heterocycles. The van der Waals surface area contributed by atoms with E-state index in [1.165, 1.54) is 12.1 Å². The molecule has 3 heteroatoms. The van der Waals surface area contributed by atoms with Crippen LogP contribution in [0.5, 0.6) is 0 Å². The molecule has 0 saturated carbocycles. The molecule has 0 unspecified atom stereocenters. The highest BCUT2D eigenvalue weighted by Crippen LogP contribution is 2.18. The first kappa shape index (κ1) is 9.47. The van der Waals surface area contributed by atoms with Crippen molar-refractivity contribution in [2.45, 2.75) is 6.54 Å². The minimum Gasteiger partial charge on any atom is -0.260 e. The van der Waals surface area contributed by atoms with Crippen LogP contribution in [0.15, 0.2) is 36.7 Å². The number of terminal acetylenes is 1. The highest BCUT2D eigenvalue weighted by Gasteiger charge is 2.00. The van der Waals surface area contributed by atoms with Crippen molar-refractivity contribution in [3.63, 3.8) is 0 Å². The molecule has 1 aromatic carbocycles. The molecule has 2 rings (SSSR count). The van der Waals surface area contributed by atoms with Gasteiger partial charge in [0.25, 0.3) is 0 Å². The Labute approximate surface area is 87.4 Å². The van der Waals surface area contributed by atoms with Crippen LogP contribution in [0.4, 0.5) is 4.39 Å². The fourth-order valence-electron chi connectivity index (χ4n) is 1.33. The first-order valence-corrected chi connectivity index (χ1v) is 4.51. The second-order valence-electron chi connectivity index (χ2n) is 3.14. The topological polar surface area (TPSA) is 17.8 Å². The second kappa shape index (κ2) is 3.97. The number of halogens is 1. The zero-order valence-electron chi connectivity index (χ0n) is 8.02. The number of rotatable bonds is 2. The summed E-state index contributed by atoms with van der Waals surface area (Å²) in [5, 5.41) is 4.09. The number of aromatic nitrogens is 2. The van der Waals surface area contributed by atoms with E-state index in [9.17, 15) is 4.39 Å². The molecule has 15 heavy (non-hydrogen) atoms. The van der Waals surface area contributed by atoms with Gasteiger partial charge in [0, 0.05) is 11.8 Å². The molecule has 0 saturated heterocycles. The molecule has 0 aliphatic heterocycles. The minimum absolute atomic E-state index is 0.241. The lowest BCUT2D eigenvalue weighted by Crippen LogP contribution is -1.93. The Balaban J connectivity index is 2.30. The van der Waals surface area contributed by atoms with E-state index in [1.54, 1.807) is 23.0 Å². The van der Waals surface area contributed by atoms with Crippen LogP contribution in [0.3, 0.4) is 0 Å². The summed E-state index contributed by atoms with van der Waals surface area (Å²) in [5.41, 5.74) is 1.87. The zero-order valence-corrected chi connectivity index (χ0v) is 8.02. The number of hydrogen-bond acceptors (Lipinski definition) is 1. The van der Waals surface area contributed by atoms with Crippen LogP contribution in [0, 0.1) is 18.2 Å². The minimum atomic E-state index is -0.241. The van der Waals surface area contributed by atoms with Crippen molar-refractivity contribution < 1.29 is 4.39 Å². The van der Waals surface area contributed by atoms with Crippen LogP contribution >= 0.6 is 0 Å². The van der Waals surface area contributed by atoms with Gasteiger partial charge < -0.3 is 0 Å². The summed E-state index contributed by atoms with van der Waals surface area (Å²) in [6.07, 6.45) is 8.72. The Morgan fingerprint density at radius 1 is 1.27 bits per heavy atom. The summed E-state index contributed by atoms with van der Waals surface area (Å²) < 4.78 is 14.3. The van der Waals surface area contributed by atoms with Crippen LogP contribution in [0.1, 0.15) is 0 Å². The average Bonchev–Trinajstić information content (AvgIpc) is 2.68. The molecule has 0 spiro atoms. The van der Waals surface area contributed by atoms with Gasteiger partial charge in [0.2, 0.25) is 0 Å². The van der Waals surface area contributed by atoms with E-state index in [4.69, 9.17) is 6.42 Å². The molecule has 0 radical (unpaired) electrons. The molecule has 0 N–H and O–H groups in total. The Hall–Kier alpha value is -2.08. The van der Waals surface area contributed by atoms with E-state index in [-0.39, 0.29) is 5.82 Å². The lowest BCUT2D eigenvalue weighted by Gasteiger charge is -1.95. The van der Waals surface area contributed by atoms with E-state index < -0.39 is 0 Å². The maximum atomic E-state index is 12.7. The maximum Gasteiger partial charge on any atom is 0.123 e. The van der Waals surface area contributed by atoms with Gasteiger partial charge in [-0.2, -0.15) is 5.10 Å². The maximum absolute atomic E-state index is 12.7.